The summed E-state index contributed by atoms with van der Waals surface area (Å²) in [5.74, 6) is 0. The molecular weight excluding hydrogens is 216 g/mol. The van der Waals surface area contributed by atoms with Crippen LogP contribution in [0.3, 0.4) is 0 Å². The van der Waals surface area contributed by atoms with Gasteiger partial charge in [-0.25, -0.2) is 0 Å². The van der Waals surface area contributed by atoms with Crippen LogP contribution in [0.25, 0.3) is 0 Å². The third-order valence-corrected chi connectivity index (χ3v) is 4.27. The van der Waals surface area contributed by atoms with Gasteiger partial charge in [-0.1, -0.05) is 25.3 Å². The zero-order chi connectivity index (χ0) is 11.3. The van der Waals surface area contributed by atoms with Crippen LogP contribution in [0.15, 0.2) is 17.5 Å². The van der Waals surface area contributed by atoms with Crippen LogP contribution in [0.2, 0.25) is 0 Å². The van der Waals surface area contributed by atoms with Crippen LogP contribution >= 0.6 is 11.3 Å². The Kier molecular flexibility index (Phi) is 3.98. The maximum absolute atomic E-state index is 9.29. The summed E-state index contributed by atoms with van der Waals surface area (Å²) in [4.78, 5) is 1.40. The average molecular weight is 234 g/mol. The Balaban J connectivity index is 1.81. The van der Waals surface area contributed by atoms with Gasteiger partial charge in [0.15, 0.2) is 0 Å². The molecule has 0 atom stereocenters. The lowest BCUT2D eigenvalue weighted by Crippen LogP contribution is -2.46. The highest BCUT2D eigenvalue weighted by molar-refractivity contribution is 7.09. The van der Waals surface area contributed by atoms with Crippen molar-refractivity contribution in [2.24, 2.45) is 0 Å². The Morgan fingerprint density at radius 1 is 1.38 bits per heavy atom. The molecule has 86 valence electrons. The Bertz CT molecular complexity index is 345. The number of nitrogens with zero attached hydrogens (tertiary/aromatic N) is 1. The summed E-state index contributed by atoms with van der Waals surface area (Å²) in [5, 5.41) is 14.9. The van der Waals surface area contributed by atoms with E-state index in [1.165, 1.54) is 24.1 Å². The number of rotatable bonds is 4. The van der Waals surface area contributed by atoms with Crippen LogP contribution in [-0.4, -0.2) is 12.1 Å². The van der Waals surface area contributed by atoms with E-state index in [0.717, 1.165) is 25.8 Å². The second-order valence-electron chi connectivity index (χ2n) is 4.51. The molecule has 3 heteroatoms. The van der Waals surface area contributed by atoms with E-state index in [1.54, 1.807) is 11.3 Å². The third-order valence-electron chi connectivity index (χ3n) is 3.34. The number of nitriles is 1. The van der Waals surface area contributed by atoms with Crippen LogP contribution in [0.1, 0.15) is 37.0 Å². The van der Waals surface area contributed by atoms with E-state index in [9.17, 15) is 5.26 Å². The van der Waals surface area contributed by atoms with E-state index in [1.807, 2.05) is 0 Å². The number of hydrogen-bond donors (Lipinski definition) is 1. The molecular formula is C13H18N2S. The van der Waals surface area contributed by atoms with E-state index >= 15 is 0 Å². The summed E-state index contributed by atoms with van der Waals surface area (Å²) >= 11 is 1.79. The van der Waals surface area contributed by atoms with Gasteiger partial charge in [-0.05, 0) is 30.7 Å². The molecule has 0 amide bonds. The number of hydrogen-bond acceptors (Lipinski definition) is 3. The molecule has 0 aromatic carbocycles. The fourth-order valence-electron chi connectivity index (χ4n) is 2.36. The Hall–Kier alpha value is -0.850. The van der Waals surface area contributed by atoms with Gasteiger partial charge >= 0.3 is 0 Å². The molecule has 1 aromatic rings. The minimum Gasteiger partial charge on any atom is -0.299 e. The monoisotopic (exact) mass is 234 g/mol. The third kappa shape index (κ3) is 2.84. The van der Waals surface area contributed by atoms with Gasteiger partial charge in [-0.2, -0.15) is 5.26 Å². The molecule has 16 heavy (non-hydrogen) atoms. The van der Waals surface area contributed by atoms with Gasteiger partial charge in [-0.15, -0.1) is 11.3 Å². The highest BCUT2D eigenvalue weighted by atomic mass is 32.1. The van der Waals surface area contributed by atoms with Gasteiger partial charge in [0, 0.05) is 11.4 Å². The fourth-order valence-corrected chi connectivity index (χ4v) is 3.07. The molecule has 1 fully saturated rings. The predicted octanol–water partition coefficient (Wildman–Crippen LogP) is 3.11. The van der Waals surface area contributed by atoms with Crippen LogP contribution in [0.5, 0.6) is 0 Å². The molecule has 0 spiro atoms. The molecule has 1 heterocycles. The van der Waals surface area contributed by atoms with Gasteiger partial charge < -0.3 is 0 Å². The Labute approximate surface area is 101 Å². The molecule has 1 aliphatic rings. The Morgan fingerprint density at radius 2 is 2.19 bits per heavy atom. The number of thiophene rings is 1. The van der Waals surface area contributed by atoms with E-state index < -0.39 is 0 Å². The van der Waals surface area contributed by atoms with Crippen molar-refractivity contribution in [3.63, 3.8) is 0 Å². The first-order chi connectivity index (χ1) is 7.85. The van der Waals surface area contributed by atoms with Crippen molar-refractivity contribution in [1.29, 1.82) is 5.26 Å². The molecule has 0 aliphatic heterocycles. The summed E-state index contributed by atoms with van der Waals surface area (Å²) in [7, 11) is 0. The van der Waals surface area contributed by atoms with Gasteiger partial charge in [0.2, 0.25) is 0 Å². The van der Waals surface area contributed by atoms with Gasteiger partial charge in [0.25, 0.3) is 0 Å². The quantitative estimate of drug-likeness (QED) is 0.869. The predicted molar refractivity (Wildman–Crippen MR) is 67.5 cm³/mol. The van der Waals surface area contributed by atoms with Crippen molar-refractivity contribution < 1.29 is 0 Å². The number of nitrogens with one attached hydrogen (secondary N) is 1. The zero-order valence-corrected chi connectivity index (χ0v) is 10.4. The Morgan fingerprint density at radius 3 is 2.81 bits per heavy atom. The SMILES string of the molecule is N#CC1(NCCc2cccs2)CCCCC1. The topological polar surface area (TPSA) is 35.8 Å². The minimum atomic E-state index is -0.227. The van der Waals surface area contributed by atoms with E-state index in [2.05, 4.69) is 28.9 Å². The summed E-state index contributed by atoms with van der Waals surface area (Å²) in [6, 6.07) is 6.73. The average Bonchev–Trinajstić information content (AvgIpc) is 2.83. The lowest BCUT2D eigenvalue weighted by atomic mass is 9.83. The molecule has 1 aliphatic carbocycles. The van der Waals surface area contributed by atoms with Crippen molar-refractivity contribution >= 4 is 11.3 Å². The summed E-state index contributed by atoms with van der Waals surface area (Å²) in [5.41, 5.74) is -0.227. The van der Waals surface area contributed by atoms with E-state index in [4.69, 9.17) is 0 Å². The summed E-state index contributed by atoms with van der Waals surface area (Å²) in [6.45, 7) is 0.925. The lowest BCUT2D eigenvalue weighted by molar-refractivity contribution is 0.300. The van der Waals surface area contributed by atoms with Crippen LogP contribution in [0.4, 0.5) is 0 Å². The molecule has 0 bridgehead atoms. The molecule has 0 radical (unpaired) electrons. The molecule has 2 rings (SSSR count). The smallest absolute Gasteiger partial charge is 0.106 e. The highest BCUT2D eigenvalue weighted by Gasteiger charge is 2.30. The minimum absolute atomic E-state index is 0.227. The van der Waals surface area contributed by atoms with Crippen molar-refractivity contribution in [1.82, 2.24) is 5.32 Å². The first kappa shape index (κ1) is 11.6. The highest BCUT2D eigenvalue weighted by Crippen LogP contribution is 2.27. The summed E-state index contributed by atoms with van der Waals surface area (Å²) in [6.07, 6.45) is 6.76. The van der Waals surface area contributed by atoms with Gasteiger partial charge in [-0.3, -0.25) is 5.32 Å². The second kappa shape index (κ2) is 5.47. The second-order valence-corrected chi connectivity index (χ2v) is 5.54. The fraction of sp³-hybridized carbons (Fsp3) is 0.615. The molecule has 1 N–H and O–H groups in total. The van der Waals surface area contributed by atoms with Crippen LogP contribution in [-0.2, 0) is 6.42 Å². The standard InChI is InChI=1S/C13H18N2S/c14-11-13(7-2-1-3-8-13)15-9-6-12-5-4-10-16-12/h4-5,10,15H,1-3,6-9H2. The largest absolute Gasteiger partial charge is 0.299 e. The van der Waals surface area contributed by atoms with Gasteiger partial charge in [0.1, 0.15) is 5.54 Å². The lowest BCUT2D eigenvalue weighted by Gasteiger charge is -2.31. The summed E-state index contributed by atoms with van der Waals surface area (Å²) < 4.78 is 0. The van der Waals surface area contributed by atoms with Crippen LogP contribution in [0, 0.1) is 11.3 Å². The molecule has 0 unspecified atom stereocenters. The van der Waals surface area contributed by atoms with E-state index in [-0.39, 0.29) is 5.54 Å². The molecule has 1 saturated carbocycles. The molecule has 0 saturated heterocycles. The van der Waals surface area contributed by atoms with Crippen LogP contribution < -0.4 is 5.32 Å². The van der Waals surface area contributed by atoms with Gasteiger partial charge in [0.05, 0.1) is 6.07 Å². The maximum Gasteiger partial charge on any atom is 0.106 e. The first-order valence-electron chi connectivity index (χ1n) is 6.03. The van der Waals surface area contributed by atoms with E-state index in [0.29, 0.717) is 0 Å². The molecule has 2 nitrogen and oxygen atoms in total. The zero-order valence-electron chi connectivity index (χ0n) is 9.54. The normalized spacial score (nSPS) is 19.2. The maximum atomic E-state index is 9.29. The molecule has 1 aromatic heterocycles. The van der Waals surface area contributed by atoms with Crippen molar-refractivity contribution in [3.8, 4) is 6.07 Å². The van der Waals surface area contributed by atoms with Crippen molar-refractivity contribution in [3.05, 3.63) is 22.4 Å². The van der Waals surface area contributed by atoms with Crippen molar-refractivity contribution in [2.75, 3.05) is 6.54 Å². The first-order valence-corrected chi connectivity index (χ1v) is 6.91. The van der Waals surface area contributed by atoms with Crippen molar-refractivity contribution in [2.45, 2.75) is 44.1 Å².